The topological polar surface area (TPSA) is 30.7 Å². The minimum Gasteiger partial charge on any atom is -0.459 e. The van der Waals surface area contributed by atoms with Crippen LogP contribution >= 0.6 is 15.9 Å². The predicted octanol–water partition coefficient (Wildman–Crippen LogP) is 3.27. The van der Waals surface area contributed by atoms with Crippen LogP contribution in [0.2, 0.25) is 0 Å². The molecule has 0 aliphatic carbocycles. The molecule has 3 nitrogen and oxygen atoms in total. The van der Waals surface area contributed by atoms with Gasteiger partial charge in [-0.15, -0.1) is 0 Å². The smallest absolute Gasteiger partial charge is 0.338 e. The molecule has 2 rings (SSSR count). The number of halogens is 1. The summed E-state index contributed by atoms with van der Waals surface area (Å²) in [5, 5.41) is 0. The number of hydrogen-bond acceptors (Lipinski definition) is 2. The second-order valence-corrected chi connectivity index (χ2v) is 4.78. The zero-order valence-corrected chi connectivity index (χ0v) is 10.7. The number of aromatic nitrogens is 1. The number of rotatable bonds is 2. The van der Waals surface area contributed by atoms with E-state index in [4.69, 9.17) is 4.74 Å². The van der Waals surface area contributed by atoms with Gasteiger partial charge in [0.1, 0.15) is 0 Å². The summed E-state index contributed by atoms with van der Waals surface area (Å²) < 4.78 is 8.06. The lowest BCUT2D eigenvalue weighted by Crippen LogP contribution is -2.11. The molecule has 2 aromatic heterocycles. The third-order valence-electron chi connectivity index (χ3n) is 2.14. The molecule has 0 atom stereocenters. The Morgan fingerprint density at radius 2 is 2.19 bits per heavy atom. The van der Waals surface area contributed by atoms with Crippen molar-refractivity contribution in [1.29, 1.82) is 0 Å². The Morgan fingerprint density at radius 1 is 1.44 bits per heavy atom. The number of esters is 1. The van der Waals surface area contributed by atoms with Crippen molar-refractivity contribution in [3.05, 3.63) is 40.6 Å². The summed E-state index contributed by atoms with van der Waals surface area (Å²) in [5.74, 6) is -0.283. The Hall–Kier alpha value is -1.29. The quantitative estimate of drug-likeness (QED) is 0.791. The molecule has 0 aromatic carbocycles. The van der Waals surface area contributed by atoms with Crippen LogP contribution in [0.4, 0.5) is 0 Å². The van der Waals surface area contributed by atoms with Crippen LogP contribution in [0.3, 0.4) is 0 Å². The van der Waals surface area contributed by atoms with E-state index in [0.717, 1.165) is 9.99 Å². The lowest BCUT2D eigenvalue weighted by Gasteiger charge is -2.07. The highest BCUT2D eigenvalue weighted by molar-refractivity contribution is 9.10. The van der Waals surface area contributed by atoms with E-state index in [-0.39, 0.29) is 12.1 Å². The van der Waals surface area contributed by atoms with Crippen LogP contribution < -0.4 is 0 Å². The highest BCUT2D eigenvalue weighted by Crippen LogP contribution is 2.17. The summed E-state index contributed by atoms with van der Waals surface area (Å²) in [5.41, 5.74) is 1.54. The van der Waals surface area contributed by atoms with E-state index in [0.29, 0.717) is 5.56 Å². The Labute approximate surface area is 102 Å². The van der Waals surface area contributed by atoms with Gasteiger partial charge in [0.05, 0.1) is 11.7 Å². The minimum atomic E-state index is -0.283. The number of pyridine rings is 1. The van der Waals surface area contributed by atoms with Crippen molar-refractivity contribution < 1.29 is 9.53 Å². The number of nitrogens with zero attached hydrogens (tertiary/aromatic N) is 1. The van der Waals surface area contributed by atoms with Crippen LogP contribution in [0.5, 0.6) is 0 Å². The molecule has 4 heteroatoms. The van der Waals surface area contributed by atoms with Crippen molar-refractivity contribution in [3.63, 3.8) is 0 Å². The van der Waals surface area contributed by atoms with Gasteiger partial charge in [0.15, 0.2) is 0 Å². The molecule has 0 fully saturated rings. The fourth-order valence-corrected chi connectivity index (χ4v) is 1.94. The van der Waals surface area contributed by atoms with Gasteiger partial charge in [-0.25, -0.2) is 4.79 Å². The SMILES string of the molecule is CC(C)OC(=O)c1ccn2cc(Br)cc2c1. The van der Waals surface area contributed by atoms with Crippen LogP contribution in [0, 0.1) is 0 Å². The fraction of sp³-hybridized carbons (Fsp3) is 0.250. The largest absolute Gasteiger partial charge is 0.459 e. The van der Waals surface area contributed by atoms with E-state index >= 15 is 0 Å². The number of hydrogen-bond donors (Lipinski definition) is 0. The molecule has 2 aromatic rings. The zero-order valence-electron chi connectivity index (χ0n) is 9.11. The Bertz CT molecular complexity index is 531. The Balaban J connectivity index is 2.35. The van der Waals surface area contributed by atoms with E-state index in [1.54, 1.807) is 6.07 Å². The molecule has 0 aliphatic rings. The fourth-order valence-electron chi connectivity index (χ4n) is 1.48. The maximum atomic E-state index is 11.7. The summed E-state index contributed by atoms with van der Waals surface area (Å²) >= 11 is 3.39. The highest BCUT2D eigenvalue weighted by Gasteiger charge is 2.09. The Morgan fingerprint density at radius 3 is 2.88 bits per heavy atom. The molecular formula is C12H12BrNO2. The minimum absolute atomic E-state index is 0.0951. The molecule has 0 aliphatic heterocycles. The van der Waals surface area contributed by atoms with Crippen molar-refractivity contribution in [1.82, 2.24) is 4.40 Å². The molecule has 0 N–H and O–H groups in total. The first kappa shape index (κ1) is 11.2. The van der Waals surface area contributed by atoms with Crippen LogP contribution in [0.15, 0.2) is 35.1 Å². The van der Waals surface area contributed by atoms with E-state index in [1.165, 1.54) is 0 Å². The third kappa shape index (κ3) is 2.27. The lowest BCUT2D eigenvalue weighted by atomic mass is 10.2. The normalized spacial score (nSPS) is 11.0. The number of fused-ring (bicyclic) bond motifs is 1. The third-order valence-corrected chi connectivity index (χ3v) is 2.58. The van der Waals surface area contributed by atoms with Gasteiger partial charge in [-0.2, -0.15) is 0 Å². The van der Waals surface area contributed by atoms with Gasteiger partial charge in [-0.1, -0.05) is 0 Å². The van der Waals surface area contributed by atoms with Gasteiger partial charge < -0.3 is 9.14 Å². The average molecular weight is 282 g/mol. The summed E-state index contributed by atoms with van der Waals surface area (Å²) in [6, 6.07) is 5.52. The summed E-state index contributed by atoms with van der Waals surface area (Å²) in [7, 11) is 0. The van der Waals surface area contributed by atoms with Gasteiger partial charge in [-0.05, 0) is 48.0 Å². The molecule has 0 saturated heterocycles. The van der Waals surface area contributed by atoms with E-state index in [1.807, 2.05) is 42.8 Å². The number of ether oxygens (including phenoxy) is 1. The lowest BCUT2D eigenvalue weighted by molar-refractivity contribution is 0.0378. The zero-order chi connectivity index (χ0) is 11.7. The molecule has 0 spiro atoms. The first-order chi connectivity index (χ1) is 7.56. The van der Waals surface area contributed by atoms with Crippen molar-refractivity contribution in [2.45, 2.75) is 20.0 Å². The molecule has 84 valence electrons. The maximum Gasteiger partial charge on any atom is 0.338 e. The van der Waals surface area contributed by atoms with Gasteiger partial charge in [0, 0.05) is 22.4 Å². The van der Waals surface area contributed by atoms with Crippen molar-refractivity contribution in [2.24, 2.45) is 0 Å². The summed E-state index contributed by atoms with van der Waals surface area (Å²) in [4.78, 5) is 11.7. The summed E-state index contributed by atoms with van der Waals surface area (Å²) in [6.07, 6.45) is 3.69. The number of carbonyl (C=O) groups is 1. The van der Waals surface area contributed by atoms with Crippen molar-refractivity contribution in [2.75, 3.05) is 0 Å². The molecule has 0 bridgehead atoms. The first-order valence-electron chi connectivity index (χ1n) is 5.04. The van der Waals surface area contributed by atoms with Gasteiger partial charge in [-0.3, -0.25) is 0 Å². The second-order valence-electron chi connectivity index (χ2n) is 3.86. The van der Waals surface area contributed by atoms with Gasteiger partial charge in [0.25, 0.3) is 0 Å². The molecular weight excluding hydrogens is 270 g/mol. The standard InChI is InChI=1S/C12H12BrNO2/c1-8(2)16-12(15)9-3-4-14-7-10(13)6-11(14)5-9/h3-8H,1-2H3. The maximum absolute atomic E-state index is 11.7. The van der Waals surface area contributed by atoms with Gasteiger partial charge in [0.2, 0.25) is 0 Å². The monoisotopic (exact) mass is 281 g/mol. The second kappa shape index (κ2) is 4.29. The van der Waals surface area contributed by atoms with Crippen LogP contribution in [-0.4, -0.2) is 16.5 Å². The van der Waals surface area contributed by atoms with Crippen LogP contribution in [0.25, 0.3) is 5.52 Å². The van der Waals surface area contributed by atoms with Crippen molar-refractivity contribution in [3.8, 4) is 0 Å². The predicted molar refractivity (Wildman–Crippen MR) is 65.6 cm³/mol. The van der Waals surface area contributed by atoms with E-state index in [2.05, 4.69) is 15.9 Å². The van der Waals surface area contributed by atoms with Crippen molar-refractivity contribution >= 4 is 27.4 Å². The molecule has 0 saturated carbocycles. The number of carbonyl (C=O) groups excluding carboxylic acids is 1. The molecule has 16 heavy (non-hydrogen) atoms. The van der Waals surface area contributed by atoms with Crippen LogP contribution in [-0.2, 0) is 4.74 Å². The molecule has 0 radical (unpaired) electrons. The molecule has 2 heterocycles. The van der Waals surface area contributed by atoms with E-state index < -0.39 is 0 Å². The van der Waals surface area contributed by atoms with Gasteiger partial charge >= 0.3 is 5.97 Å². The molecule has 0 unspecified atom stereocenters. The molecule has 0 amide bonds. The average Bonchev–Trinajstić information content (AvgIpc) is 2.55. The van der Waals surface area contributed by atoms with E-state index in [9.17, 15) is 4.79 Å². The highest BCUT2D eigenvalue weighted by atomic mass is 79.9. The summed E-state index contributed by atoms with van der Waals surface area (Å²) in [6.45, 7) is 3.68. The Kier molecular flexibility index (Phi) is 3.01. The van der Waals surface area contributed by atoms with Crippen LogP contribution in [0.1, 0.15) is 24.2 Å². The first-order valence-corrected chi connectivity index (χ1v) is 5.84.